The summed E-state index contributed by atoms with van der Waals surface area (Å²) in [5.74, 6) is 2.53. The van der Waals surface area contributed by atoms with Crippen molar-refractivity contribution in [3.63, 3.8) is 0 Å². The molecule has 0 bridgehead atoms. The van der Waals surface area contributed by atoms with Crippen molar-refractivity contribution >= 4 is 6.41 Å². The summed E-state index contributed by atoms with van der Waals surface area (Å²) in [4.78, 5) is 14.2. The van der Waals surface area contributed by atoms with E-state index in [1.54, 1.807) is 0 Å². The van der Waals surface area contributed by atoms with Gasteiger partial charge >= 0.3 is 0 Å². The molecule has 5 atom stereocenters. The van der Waals surface area contributed by atoms with Gasteiger partial charge in [-0.2, -0.15) is 0 Å². The lowest BCUT2D eigenvalue weighted by atomic mass is 9.55. The van der Waals surface area contributed by atoms with Gasteiger partial charge in [-0.05, 0) is 91.4 Å². The first-order valence-corrected chi connectivity index (χ1v) is 12.1. The predicted molar refractivity (Wildman–Crippen MR) is 118 cm³/mol. The molecule has 3 aliphatic rings. The molecule has 2 saturated carbocycles. The number of unbranched alkanes of at least 4 members (excludes halogenated alkanes) is 4. The first-order valence-electron chi connectivity index (χ1n) is 12.1. The summed E-state index contributed by atoms with van der Waals surface area (Å²) in [7, 11) is 0. The number of fused-ring (bicyclic) bond motifs is 5. The van der Waals surface area contributed by atoms with Gasteiger partial charge in [0.25, 0.3) is 0 Å². The van der Waals surface area contributed by atoms with Crippen molar-refractivity contribution in [3.05, 3.63) is 29.3 Å². The van der Waals surface area contributed by atoms with E-state index in [4.69, 9.17) is 0 Å². The Morgan fingerprint density at radius 1 is 1.14 bits per heavy atom. The van der Waals surface area contributed by atoms with Crippen LogP contribution < -0.4 is 0 Å². The minimum Gasteiger partial charge on any atom is -0.508 e. The van der Waals surface area contributed by atoms with Gasteiger partial charge < -0.3 is 10.0 Å². The van der Waals surface area contributed by atoms with Gasteiger partial charge in [-0.25, -0.2) is 0 Å². The molecule has 160 valence electrons. The molecule has 3 heteroatoms. The molecule has 1 N–H and O–H groups in total. The van der Waals surface area contributed by atoms with E-state index in [1.807, 2.05) is 12.1 Å². The van der Waals surface area contributed by atoms with Crippen LogP contribution in [0.25, 0.3) is 0 Å². The summed E-state index contributed by atoms with van der Waals surface area (Å²) in [5.41, 5.74) is 3.14. The number of aryl methyl sites for hydroxylation is 1. The molecule has 1 aromatic rings. The second kappa shape index (κ2) is 8.70. The van der Waals surface area contributed by atoms with E-state index in [9.17, 15) is 9.90 Å². The van der Waals surface area contributed by atoms with E-state index < -0.39 is 0 Å². The third kappa shape index (κ3) is 3.82. The van der Waals surface area contributed by atoms with Crippen LogP contribution in [0.5, 0.6) is 5.75 Å². The number of rotatable bonds is 8. The number of hydrogen-bond donors (Lipinski definition) is 1. The molecule has 4 rings (SSSR count). The molecular formula is C26H39NO2. The molecule has 0 heterocycles. The summed E-state index contributed by atoms with van der Waals surface area (Å²) < 4.78 is 0. The lowest BCUT2D eigenvalue weighted by Gasteiger charge is -2.52. The minimum atomic E-state index is 0.278. The molecule has 3 nitrogen and oxygen atoms in total. The smallest absolute Gasteiger partial charge is 0.209 e. The Bertz CT molecular complexity index is 717. The second-order valence-electron chi connectivity index (χ2n) is 10.2. The van der Waals surface area contributed by atoms with Crippen LogP contribution in [-0.4, -0.2) is 29.0 Å². The molecule has 0 aliphatic heterocycles. The molecule has 0 unspecified atom stereocenters. The molecule has 0 saturated heterocycles. The van der Waals surface area contributed by atoms with E-state index in [2.05, 4.69) is 24.8 Å². The normalized spacial score (nSPS) is 32.9. The van der Waals surface area contributed by atoms with Crippen molar-refractivity contribution < 1.29 is 9.90 Å². The molecule has 3 aliphatic carbocycles. The van der Waals surface area contributed by atoms with Gasteiger partial charge in [0.15, 0.2) is 0 Å². The fourth-order valence-corrected chi connectivity index (χ4v) is 7.27. The van der Waals surface area contributed by atoms with Crippen LogP contribution in [0.15, 0.2) is 18.2 Å². The van der Waals surface area contributed by atoms with Gasteiger partial charge in [0, 0.05) is 12.6 Å². The zero-order chi connectivity index (χ0) is 20.4. The number of aromatic hydroxyl groups is 1. The van der Waals surface area contributed by atoms with Crippen LogP contribution in [0.4, 0.5) is 0 Å². The van der Waals surface area contributed by atoms with E-state index in [0.717, 1.165) is 37.6 Å². The Morgan fingerprint density at radius 3 is 2.76 bits per heavy atom. The van der Waals surface area contributed by atoms with Gasteiger partial charge in [-0.3, -0.25) is 4.79 Å². The first kappa shape index (κ1) is 20.8. The Kier molecular flexibility index (Phi) is 6.22. The van der Waals surface area contributed by atoms with Crippen molar-refractivity contribution in [2.45, 2.75) is 96.4 Å². The summed E-state index contributed by atoms with van der Waals surface area (Å²) in [6.07, 6.45) is 14.7. The SMILES string of the molecule is CCCCCCCN(C=O)[C@H]1CC[C@H]2[C@@H]3CCc4cc(O)ccc4[C@H]3CC[C@]12C. The topological polar surface area (TPSA) is 40.5 Å². The third-order valence-corrected chi connectivity index (χ3v) is 8.72. The Hall–Kier alpha value is -1.51. The quantitative estimate of drug-likeness (QED) is 0.429. The second-order valence-corrected chi connectivity index (χ2v) is 10.2. The number of carbonyl (C=O) groups is 1. The summed E-state index contributed by atoms with van der Waals surface area (Å²) in [6, 6.07) is 6.48. The van der Waals surface area contributed by atoms with Gasteiger partial charge in [-0.15, -0.1) is 0 Å². The van der Waals surface area contributed by atoms with Crippen LogP contribution in [-0.2, 0) is 11.2 Å². The van der Waals surface area contributed by atoms with Crippen molar-refractivity contribution in [1.29, 1.82) is 0 Å². The number of amides is 1. The Labute approximate surface area is 176 Å². The number of nitrogens with zero attached hydrogens (tertiary/aromatic N) is 1. The largest absolute Gasteiger partial charge is 0.508 e. The highest BCUT2D eigenvalue weighted by Crippen LogP contribution is 2.61. The van der Waals surface area contributed by atoms with E-state index in [1.165, 1.54) is 68.9 Å². The first-order chi connectivity index (χ1) is 14.1. The van der Waals surface area contributed by atoms with Gasteiger partial charge in [0.2, 0.25) is 6.41 Å². The minimum absolute atomic E-state index is 0.278. The van der Waals surface area contributed by atoms with Crippen LogP contribution in [0.2, 0.25) is 0 Å². The maximum Gasteiger partial charge on any atom is 0.209 e. The Balaban J connectivity index is 1.46. The molecule has 1 amide bonds. The van der Waals surface area contributed by atoms with E-state index >= 15 is 0 Å². The zero-order valence-corrected chi connectivity index (χ0v) is 18.4. The van der Waals surface area contributed by atoms with Gasteiger partial charge in [0.05, 0.1) is 0 Å². The highest BCUT2D eigenvalue weighted by atomic mass is 16.3. The highest BCUT2D eigenvalue weighted by Gasteiger charge is 2.56. The summed E-state index contributed by atoms with van der Waals surface area (Å²) >= 11 is 0. The van der Waals surface area contributed by atoms with Crippen molar-refractivity contribution in [2.75, 3.05) is 6.54 Å². The number of carbonyl (C=O) groups excluding carboxylic acids is 1. The summed E-state index contributed by atoms with van der Waals surface area (Å²) in [6.45, 7) is 5.68. The predicted octanol–water partition coefficient (Wildman–Crippen LogP) is 6.05. The highest BCUT2D eigenvalue weighted by molar-refractivity contribution is 5.48. The third-order valence-electron chi connectivity index (χ3n) is 8.72. The monoisotopic (exact) mass is 397 g/mol. The van der Waals surface area contributed by atoms with Crippen LogP contribution in [0.3, 0.4) is 0 Å². The van der Waals surface area contributed by atoms with E-state index in [-0.39, 0.29) is 5.41 Å². The molecular weight excluding hydrogens is 358 g/mol. The van der Waals surface area contributed by atoms with Crippen LogP contribution in [0.1, 0.15) is 95.1 Å². The van der Waals surface area contributed by atoms with Crippen LogP contribution >= 0.6 is 0 Å². The lowest BCUT2D eigenvalue weighted by molar-refractivity contribution is -0.124. The van der Waals surface area contributed by atoms with Gasteiger partial charge in [0.1, 0.15) is 5.75 Å². The van der Waals surface area contributed by atoms with Gasteiger partial charge in [-0.1, -0.05) is 45.6 Å². The molecule has 29 heavy (non-hydrogen) atoms. The number of phenolic OH excluding ortho intramolecular Hbond substituents is 1. The molecule has 1 aromatic carbocycles. The zero-order valence-electron chi connectivity index (χ0n) is 18.4. The maximum absolute atomic E-state index is 12.0. The number of phenols is 1. The van der Waals surface area contributed by atoms with E-state index in [0.29, 0.717) is 17.7 Å². The Morgan fingerprint density at radius 2 is 1.97 bits per heavy atom. The standard InChI is InChI=1S/C26H39NO2/c1-3-4-5-6-7-16-27(18-28)25-13-12-24-23-10-8-19-17-20(29)9-11-21(19)22(23)14-15-26(24,25)2/h9,11,17-18,22-25,29H,3-8,10,12-16H2,1-2H3/t22-,23-,24+,25+,26+/m1/s1. The maximum atomic E-state index is 12.0. The number of hydrogen-bond acceptors (Lipinski definition) is 2. The molecule has 0 spiro atoms. The molecule has 0 aromatic heterocycles. The fraction of sp³-hybridized carbons (Fsp3) is 0.731. The van der Waals surface area contributed by atoms with Crippen molar-refractivity contribution in [3.8, 4) is 5.75 Å². The number of benzene rings is 1. The summed E-state index contributed by atoms with van der Waals surface area (Å²) in [5, 5.41) is 9.88. The fourth-order valence-electron chi connectivity index (χ4n) is 7.27. The molecule has 2 fully saturated rings. The van der Waals surface area contributed by atoms with Crippen molar-refractivity contribution in [2.24, 2.45) is 17.3 Å². The average molecular weight is 398 g/mol. The van der Waals surface area contributed by atoms with Crippen LogP contribution in [0, 0.1) is 17.3 Å². The lowest BCUT2D eigenvalue weighted by Crippen LogP contribution is -2.50. The molecule has 0 radical (unpaired) electrons. The van der Waals surface area contributed by atoms with Crippen molar-refractivity contribution in [1.82, 2.24) is 4.90 Å². The average Bonchev–Trinajstić information content (AvgIpc) is 3.07.